The second kappa shape index (κ2) is 9.51. The van der Waals surface area contributed by atoms with Gasteiger partial charge in [0.2, 0.25) is 5.95 Å². The molecule has 8 nitrogen and oxygen atoms in total. The largest absolute Gasteiger partial charge is 0.322 e. The molecule has 0 atom stereocenters. The third kappa shape index (κ3) is 4.98. The van der Waals surface area contributed by atoms with Gasteiger partial charge in [-0.1, -0.05) is 11.6 Å². The summed E-state index contributed by atoms with van der Waals surface area (Å²) in [6, 6.07) is 7.40. The fraction of sp³-hybridized carbons (Fsp3) is 0.364. The number of rotatable bonds is 6. The molecule has 3 heterocycles. The van der Waals surface area contributed by atoms with E-state index >= 15 is 0 Å². The molecule has 0 unspecified atom stereocenters. The molecule has 1 aliphatic rings. The number of nitrogens with zero attached hydrogens (tertiary/aromatic N) is 5. The first-order valence-electron chi connectivity index (χ1n) is 10.4. The fourth-order valence-corrected chi connectivity index (χ4v) is 4.11. The van der Waals surface area contributed by atoms with Crippen LogP contribution < -0.4 is 10.6 Å². The third-order valence-electron chi connectivity index (χ3n) is 5.62. The van der Waals surface area contributed by atoms with E-state index in [-0.39, 0.29) is 17.7 Å². The number of hydrogen-bond donors (Lipinski definition) is 3. The molecule has 1 saturated heterocycles. The van der Waals surface area contributed by atoms with Crippen molar-refractivity contribution >= 4 is 34.9 Å². The molecule has 0 spiro atoms. The van der Waals surface area contributed by atoms with Crippen molar-refractivity contribution in [3.05, 3.63) is 52.1 Å². The van der Waals surface area contributed by atoms with Crippen molar-refractivity contribution in [3.63, 3.8) is 0 Å². The molecule has 3 aromatic rings. The summed E-state index contributed by atoms with van der Waals surface area (Å²) in [5.41, 5.74) is 3.21. The van der Waals surface area contributed by atoms with Crippen molar-refractivity contribution in [1.82, 2.24) is 25.1 Å². The lowest BCUT2D eigenvalue weighted by Crippen LogP contribution is -2.33. The van der Waals surface area contributed by atoms with Gasteiger partial charge in [-0.25, -0.2) is 9.37 Å². The molecule has 0 amide bonds. The third-order valence-corrected chi connectivity index (χ3v) is 5.90. The van der Waals surface area contributed by atoms with Crippen molar-refractivity contribution in [3.8, 4) is 6.07 Å². The molecule has 3 N–H and O–H groups in total. The normalized spacial score (nSPS) is 14.8. The second-order valence-corrected chi connectivity index (χ2v) is 8.38. The Labute approximate surface area is 190 Å². The van der Waals surface area contributed by atoms with Crippen LogP contribution in [0.1, 0.15) is 35.6 Å². The van der Waals surface area contributed by atoms with Crippen LogP contribution in [0.3, 0.4) is 0 Å². The maximum atomic E-state index is 15.0. The van der Waals surface area contributed by atoms with Crippen LogP contribution in [-0.2, 0) is 0 Å². The number of anilines is 4. The summed E-state index contributed by atoms with van der Waals surface area (Å²) in [7, 11) is 0. The van der Waals surface area contributed by atoms with E-state index in [1.807, 2.05) is 19.9 Å². The zero-order valence-electron chi connectivity index (χ0n) is 17.9. The maximum Gasteiger partial charge on any atom is 0.229 e. The highest BCUT2D eigenvalue weighted by Gasteiger charge is 2.23. The highest BCUT2D eigenvalue weighted by Crippen LogP contribution is 2.33. The number of likely N-dealkylation sites (tertiary alicyclic amines) is 1. The number of hydrogen-bond acceptors (Lipinski definition) is 7. The van der Waals surface area contributed by atoms with Crippen molar-refractivity contribution in [1.29, 1.82) is 5.26 Å². The molecule has 0 bridgehead atoms. The SMILES string of the molecule is Cc1cc(Nc2nc(Nc3cc(C)c(C4CCN(CC#N)CC4)cc3F)ncc2Cl)n[nH]1. The van der Waals surface area contributed by atoms with Crippen molar-refractivity contribution in [2.75, 3.05) is 30.3 Å². The van der Waals surface area contributed by atoms with Crippen molar-refractivity contribution in [2.45, 2.75) is 32.6 Å². The van der Waals surface area contributed by atoms with Crippen LogP contribution >= 0.6 is 11.6 Å². The number of aromatic nitrogens is 4. The first-order valence-corrected chi connectivity index (χ1v) is 10.8. The number of nitrogens with one attached hydrogen (secondary N) is 3. The van der Waals surface area contributed by atoms with Gasteiger partial charge in [-0.05, 0) is 69.0 Å². The van der Waals surface area contributed by atoms with E-state index in [0.717, 1.165) is 42.8 Å². The Morgan fingerprint density at radius 2 is 2.03 bits per heavy atom. The van der Waals surface area contributed by atoms with Gasteiger partial charge in [-0.3, -0.25) is 10.00 Å². The van der Waals surface area contributed by atoms with Crippen LogP contribution in [0.4, 0.5) is 27.7 Å². The molecule has 0 radical (unpaired) electrons. The van der Waals surface area contributed by atoms with Gasteiger partial charge >= 0.3 is 0 Å². The molecule has 2 aromatic heterocycles. The average molecular weight is 455 g/mol. The molecule has 32 heavy (non-hydrogen) atoms. The van der Waals surface area contributed by atoms with Crippen LogP contribution in [-0.4, -0.2) is 44.7 Å². The molecule has 10 heteroatoms. The minimum absolute atomic E-state index is 0.222. The van der Waals surface area contributed by atoms with Crippen molar-refractivity contribution in [2.24, 2.45) is 0 Å². The van der Waals surface area contributed by atoms with E-state index in [9.17, 15) is 4.39 Å². The van der Waals surface area contributed by atoms with Crippen LogP contribution in [0.15, 0.2) is 24.4 Å². The standard InChI is InChI=1S/C22H24ClFN8/c1-13-9-19(18(24)11-16(13)15-3-6-32(7-4-15)8-5-25)27-22-26-12-17(23)21(29-22)28-20-10-14(2)30-31-20/h9-12,15H,3-4,6-8H2,1-2H3,(H3,26,27,28,29,30,31). The predicted octanol–water partition coefficient (Wildman–Crippen LogP) is 4.80. The first-order chi connectivity index (χ1) is 15.4. The Balaban J connectivity index is 1.50. The highest BCUT2D eigenvalue weighted by atomic mass is 35.5. The van der Waals surface area contributed by atoms with E-state index in [1.54, 1.807) is 12.1 Å². The zero-order chi connectivity index (χ0) is 22.7. The van der Waals surface area contributed by atoms with E-state index in [2.05, 4.69) is 41.8 Å². The average Bonchev–Trinajstić information content (AvgIpc) is 3.18. The summed E-state index contributed by atoms with van der Waals surface area (Å²) in [5, 5.41) is 22.1. The maximum absolute atomic E-state index is 15.0. The van der Waals surface area contributed by atoms with E-state index < -0.39 is 0 Å². The summed E-state index contributed by atoms with van der Waals surface area (Å²) in [5.74, 6) is 1.09. The van der Waals surface area contributed by atoms with E-state index in [4.69, 9.17) is 16.9 Å². The zero-order valence-corrected chi connectivity index (χ0v) is 18.7. The van der Waals surface area contributed by atoms with Gasteiger partial charge in [-0.2, -0.15) is 15.3 Å². The number of piperidine rings is 1. The Morgan fingerprint density at radius 3 is 2.72 bits per heavy atom. The Kier molecular flexibility index (Phi) is 6.53. The quantitative estimate of drug-likeness (QED) is 0.459. The number of H-pyrrole nitrogens is 1. The number of halogens is 2. The van der Waals surface area contributed by atoms with Gasteiger partial charge in [0.1, 0.15) is 10.8 Å². The number of aryl methyl sites for hydroxylation is 2. The number of aromatic amines is 1. The lowest BCUT2D eigenvalue weighted by molar-refractivity contribution is 0.234. The van der Waals surface area contributed by atoms with E-state index in [1.165, 1.54) is 6.20 Å². The molecule has 1 aromatic carbocycles. The van der Waals surface area contributed by atoms with Crippen molar-refractivity contribution < 1.29 is 4.39 Å². The lowest BCUT2D eigenvalue weighted by Gasteiger charge is -2.31. The highest BCUT2D eigenvalue weighted by molar-refractivity contribution is 6.32. The van der Waals surface area contributed by atoms with Gasteiger partial charge in [0.25, 0.3) is 0 Å². The van der Waals surface area contributed by atoms with Gasteiger partial charge in [-0.15, -0.1) is 0 Å². The van der Waals surface area contributed by atoms with Gasteiger partial charge in [0, 0.05) is 11.8 Å². The van der Waals surface area contributed by atoms with Crippen LogP contribution in [0.2, 0.25) is 5.02 Å². The molecular weight excluding hydrogens is 431 g/mol. The number of benzene rings is 1. The minimum atomic E-state index is -0.360. The van der Waals surface area contributed by atoms with Crippen LogP contribution in [0.25, 0.3) is 0 Å². The molecule has 0 aliphatic carbocycles. The Bertz CT molecular complexity index is 1150. The Morgan fingerprint density at radius 1 is 1.25 bits per heavy atom. The number of nitriles is 1. The minimum Gasteiger partial charge on any atom is -0.322 e. The molecule has 166 valence electrons. The monoisotopic (exact) mass is 454 g/mol. The molecule has 4 rings (SSSR count). The molecule has 1 aliphatic heterocycles. The topological polar surface area (TPSA) is 106 Å². The van der Waals surface area contributed by atoms with Crippen LogP contribution in [0.5, 0.6) is 0 Å². The van der Waals surface area contributed by atoms with E-state index in [0.29, 0.717) is 28.9 Å². The first kappa shape index (κ1) is 22.0. The summed E-state index contributed by atoms with van der Waals surface area (Å²) in [4.78, 5) is 10.7. The summed E-state index contributed by atoms with van der Waals surface area (Å²) in [6.07, 6.45) is 3.28. The summed E-state index contributed by atoms with van der Waals surface area (Å²) >= 11 is 6.20. The predicted molar refractivity (Wildman–Crippen MR) is 122 cm³/mol. The molecular formula is C22H24ClFN8. The van der Waals surface area contributed by atoms with Crippen LogP contribution in [0, 0.1) is 31.0 Å². The Hall–Kier alpha value is -3.22. The fourth-order valence-electron chi connectivity index (χ4n) is 3.97. The second-order valence-electron chi connectivity index (χ2n) is 7.97. The summed E-state index contributed by atoms with van der Waals surface area (Å²) in [6.45, 7) is 6.02. The van der Waals surface area contributed by atoms with Gasteiger partial charge < -0.3 is 10.6 Å². The smallest absolute Gasteiger partial charge is 0.229 e. The van der Waals surface area contributed by atoms with Gasteiger partial charge in [0.15, 0.2) is 11.6 Å². The summed E-state index contributed by atoms with van der Waals surface area (Å²) < 4.78 is 15.0. The molecule has 0 saturated carbocycles. The lowest BCUT2D eigenvalue weighted by atomic mass is 9.86. The van der Waals surface area contributed by atoms with Gasteiger partial charge in [0.05, 0.1) is 24.5 Å². The molecule has 1 fully saturated rings.